The van der Waals surface area contributed by atoms with Crippen molar-refractivity contribution in [2.45, 2.75) is 25.6 Å². The van der Waals surface area contributed by atoms with Crippen LogP contribution in [0.4, 0.5) is 13.2 Å². The molecule has 0 radical (unpaired) electrons. The Hall–Kier alpha value is -1.23. The van der Waals surface area contributed by atoms with Crippen molar-refractivity contribution >= 4 is 0 Å². The molecule has 1 atom stereocenters. The first kappa shape index (κ1) is 13.8. The standard InChI is InChI=1S/C12H16F3NO/c1-3-16-11(8-12(13,14)15)9-5-4-6-10(7-9)17-2/h4-7,11,16H,3,8H2,1-2H3. The normalized spacial score (nSPS) is 13.5. The van der Waals surface area contributed by atoms with Gasteiger partial charge >= 0.3 is 6.18 Å². The first-order chi connectivity index (χ1) is 7.96. The van der Waals surface area contributed by atoms with Crippen molar-refractivity contribution in [3.8, 4) is 5.75 Å². The molecule has 0 aliphatic heterocycles. The lowest BCUT2D eigenvalue weighted by atomic mass is 10.0. The minimum Gasteiger partial charge on any atom is -0.497 e. The number of hydrogen-bond acceptors (Lipinski definition) is 2. The van der Waals surface area contributed by atoms with Gasteiger partial charge in [0.1, 0.15) is 5.75 Å². The molecule has 0 aliphatic carbocycles. The van der Waals surface area contributed by atoms with Crippen molar-refractivity contribution in [1.29, 1.82) is 0 Å². The van der Waals surface area contributed by atoms with Gasteiger partial charge in [0.15, 0.2) is 0 Å². The van der Waals surface area contributed by atoms with Crippen molar-refractivity contribution in [3.05, 3.63) is 29.8 Å². The van der Waals surface area contributed by atoms with Crippen molar-refractivity contribution < 1.29 is 17.9 Å². The number of benzene rings is 1. The van der Waals surface area contributed by atoms with E-state index in [0.717, 1.165) is 0 Å². The lowest BCUT2D eigenvalue weighted by Gasteiger charge is -2.20. The van der Waals surface area contributed by atoms with Crippen LogP contribution in [-0.2, 0) is 0 Å². The molecule has 1 unspecified atom stereocenters. The minimum absolute atomic E-state index is 0.484. The highest BCUT2D eigenvalue weighted by atomic mass is 19.4. The summed E-state index contributed by atoms with van der Waals surface area (Å²) in [6, 6.07) is 5.96. The van der Waals surface area contributed by atoms with E-state index >= 15 is 0 Å². The van der Waals surface area contributed by atoms with Gasteiger partial charge < -0.3 is 10.1 Å². The van der Waals surface area contributed by atoms with Crippen LogP contribution in [0.15, 0.2) is 24.3 Å². The van der Waals surface area contributed by atoms with Gasteiger partial charge in [-0.25, -0.2) is 0 Å². The highest BCUT2D eigenvalue weighted by Crippen LogP contribution is 2.30. The van der Waals surface area contributed by atoms with E-state index < -0.39 is 18.6 Å². The van der Waals surface area contributed by atoms with E-state index in [1.165, 1.54) is 7.11 Å². The summed E-state index contributed by atoms with van der Waals surface area (Å²) in [6.07, 6.45) is -5.07. The molecular weight excluding hydrogens is 231 g/mol. The maximum Gasteiger partial charge on any atom is 0.390 e. The molecule has 1 rings (SSSR count). The first-order valence-electron chi connectivity index (χ1n) is 5.40. The summed E-state index contributed by atoms with van der Waals surface area (Å²) >= 11 is 0. The second-order valence-electron chi connectivity index (χ2n) is 3.71. The SMILES string of the molecule is CCNC(CC(F)(F)F)c1cccc(OC)c1. The molecule has 0 bridgehead atoms. The zero-order valence-electron chi connectivity index (χ0n) is 9.84. The fraction of sp³-hybridized carbons (Fsp3) is 0.500. The lowest BCUT2D eigenvalue weighted by molar-refractivity contribution is -0.140. The lowest BCUT2D eigenvalue weighted by Crippen LogP contribution is -2.26. The van der Waals surface area contributed by atoms with Crippen LogP contribution >= 0.6 is 0 Å². The molecule has 1 N–H and O–H groups in total. The van der Waals surface area contributed by atoms with E-state index in [0.29, 0.717) is 17.9 Å². The van der Waals surface area contributed by atoms with Gasteiger partial charge in [0.25, 0.3) is 0 Å². The van der Waals surface area contributed by atoms with Gasteiger partial charge in [-0.1, -0.05) is 19.1 Å². The van der Waals surface area contributed by atoms with Gasteiger partial charge in [-0.2, -0.15) is 13.2 Å². The third kappa shape index (κ3) is 4.65. The summed E-state index contributed by atoms with van der Waals surface area (Å²) in [4.78, 5) is 0. The average Bonchev–Trinajstić information content (AvgIpc) is 2.27. The molecule has 0 saturated heterocycles. The highest BCUT2D eigenvalue weighted by Gasteiger charge is 2.32. The van der Waals surface area contributed by atoms with E-state index in [4.69, 9.17) is 4.74 Å². The number of ether oxygens (including phenoxy) is 1. The van der Waals surface area contributed by atoms with E-state index in [1.807, 2.05) is 0 Å². The molecule has 0 aromatic heterocycles. The number of nitrogens with one attached hydrogen (secondary N) is 1. The zero-order valence-corrected chi connectivity index (χ0v) is 9.84. The van der Waals surface area contributed by atoms with Crippen molar-refractivity contribution in [1.82, 2.24) is 5.32 Å². The van der Waals surface area contributed by atoms with Crippen LogP contribution < -0.4 is 10.1 Å². The second-order valence-corrected chi connectivity index (χ2v) is 3.71. The average molecular weight is 247 g/mol. The van der Waals surface area contributed by atoms with Crippen LogP contribution in [0, 0.1) is 0 Å². The summed E-state index contributed by atoms with van der Waals surface area (Å²) in [5, 5.41) is 2.83. The van der Waals surface area contributed by atoms with E-state index in [1.54, 1.807) is 31.2 Å². The van der Waals surface area contributed by atoms with Crippen molar-refractivity contribution in [3.63, 3.8) is 0 Å². The summed E-state index contributed by atoms with van der Waals surface area (Å²) < 4.78 is 42.3. The second kappa shape index (κ2) is 5.91. The van der Waals surface area contributed by atoms with Crippen LogP contribution in [0.5, 0.6) is 5.75 Å². The Morgan fingerprint density at radius 2 is 2.06 bits per heavy atom. The first-order valence-corrected chi connectivity index (χ1v) is 5.40. The molecule has 1 aromatic rings. The predicted molar refractivity (Wildman–Crippen MR) is 60.1 cm³/mol. The molecule has 0 saturated carbocycles. The molecule has 1 aromatic carbocycles. The number of hydrogen-bond donors (Lipinski definition) is 1. The number of rotatable bonds is 5. The molecule has 2 nitrogen and oxygen atoms in total. The molecule has 5 heteroatoms. The van der Waals surface area contributed by atoms with Crippen molar-refractivity contribution in [2.75, 3.05) is 13.7 Å². The quantitative estimate of drug-likeness (QED) is 0.862. The van der Waals surface area contributed by atoms with Crippen LogP contribution in [-0.4, -0.2) is 19.8 Å². The Bertz CT molecular complexity index is 352. The van der Waals surface area contributed by atoms with Crippen LogP contribution in [0.25, 0.3) is 0 Å². The summed E-state index contributed by atoms with van der Waals surface area (Å²) in [7, 11) is 1.49. The molecule has 17 heavy (non-hydrogen) atoms. The van der Waals surface area contributed by atoms with Gasteiger partial charge in [-0.3, -0.25) is 0 Å². The minimum atomic E-state index is -4.18. The molecule has 0 amide bonds. The van der Waals surface area contributed by atoms with Gasteiger partial charge in [0, 0.05) is 6.04 Å². The number of methoxy groups -OCH3 is 1. The maximum absolute atomic E-state index is 12.4. The van der Waals surface area contributed by atoms with Gasteiger partial charge in [-0.15, -0.1) is 0 Å². The monoisotopic (exact) mass is 247 g/mol. The molecule has 0 spiro atoms. The Labute approximate surface area is 98.8 Å². The molecular formula is C12H16F3NO. The topological polar surface area (TPSA) is 21.3 Å². The Balaban J connectivity index is 2.88. The zero-order chi connectivity index (χ0) is 12.9. The van der Waals surface area contributed by atoms with E-state index in [-0.39, 0.29) is 0 Å². The number of alkyl halides is 3. The van der Waals surface area contributed by atoms with E-state index in [9.17, 15) is 13.2 Å². The number of halogens is 3. The Morgan fingerprint density at radius 3 is 2.59 bits per heavy atom. The molecule has 0 fully saturated rings. The summed E-state index contributed by atoms with van der Waals surface area (Å²) in [6.45, 7) is 2.27. The third-order valence-electron chi connectivity index (χ3n) is 2.38. The van der Waals surface area contributed by atoms with Gasteiger partial charge in [-0.05, 0) is 24.2 Å². The van der Waals surface area contributed by atoms with E-state index in [2.05, 4.69) is 5.32 Å². The van der Waals surface area contributed by atoms with Gasteiger partial charge in [0.05, 0.1) is 13.5 Å². The molecule has 0 heterocycles. The maximum atomic E-state index is 12.4. The Kier molecular flexibility index (Phi) is 4.81. The molecule has 96 valence electrons. The smallest absolute Gasteiger partial charge is 0.390 e. The third-order valence-corrected chi connectivity index (χ3v) is 2.38. The Morgan fingerprint density at radius 1 is 1.35 bits per heavy atom. The fourth-order valence-corrected chi connectivity index (χ4v) is 1.64. The van der Waals surface area contributed by atoms with Crippen molar-refractivity contribution in [2.24, 2.45) is 0 Å². The molecule has 0 aliphatic rings. The largest absolute Gasteiger partial charge is 0.497 e. The fourth-order valence-electron chi connectivity index (χ4n) is 1.64. The summed E-state index contributed by atoms with van der Waals surface area (Å²) in [5.41, 5.74) is 0.587. The highest BCUT2D eigenvalue weighted by molar-refractivity contribution is 5.30. The van der Waals surface area contributed by atoms with Gasteiger partial charge in [0.2, 0.25) is 0 Å². The predicted octanol–water partition coefficient (Wildman–Crippen LogP) is 3.30. The van der Waals surface area contributed by atoms with Crippen LogP contribution in [0.1, 0.15) is 24.9 Å². The van der Waals surface area contributed by atoms with Crippen LogP contribution in [0.2, 0.25) is 0 Å². The van der Waals surface area contributed by atoms with Crippen LogP contribution in [0.3, 0.4) is 0 Å². The summed E-state index contributed by atoms with van der Waals surface area (Å²) in [5.74, 6) is 0.563.